The van der Waals surface area contributed by atoms with E-state index in [1.54, 1.807) is 10.4 Å². The third kappa shape index (κ3) is 5.45. The molecular weight excluding hydrogens is 420 g/mol. The van der Waals surface area contributed by atoms with E-state index in [1.807, 2.05) is 26.0 Å². The van der Waals surface area contributed by atoms with Crippen molar-refractivity contribution in [3.63, 3.8) is 0 Å². The summed E-state index contributed by atoms with van der Waals surface area (Å²) in [5.41, 5.74) is 1.68. The molecule has 2 fully saturated rings. The lowest BCUT2D eigenvalue weighted by Crippen LogP contribution is -2.58. The maximum atomic E-state index is 12.9. The number of carbonyl (C=O) groups excluding carboxylic acids is 1. The number of benzene rings is 1. The number of aryl methyl sites for hydroxylation is 1. The van der Waals surface area contributed by atoms with Gasteiger partial charge in [0.25, 0.3) is 0 Å². The number of carbonyl (C=O) groups is 1. The first-order chi connectivity index (χ1) is 14.3. The minimum Gasteiger partial charge on any atom is -0.295 e. The van der Waals surface area contributed by atoms with Gasteiger partial charge in [0.2, 0.25) is 10.0 Å². The van der Waals surface area contributed by atoms with Gasteiger partial charge in [-0.15, -0.1) is 0 Å². The third-order valence-corrected chi connectivity index (χ3v) is 9.34. The van der Waals surface area contributed by atoms with Gasteiger partial charge in [-0.1, -0.05) is 49.9 Å². The number of hydrogen-bond donors (Lipinski definition) is 0. The first-order valence-corrected chi connectivity index (χ1v) is 13.3. The van der Waals surface area contributed by atoms with Gasteiger partial charge in [0.05, 0.1) is 5.75 Å². The fourth-order valence-corrected chi connectivity index (χ4v) is 6.69. The van der Waals surface area contributed by atoms with E-state index in [-0.39, 0.29) is 17.1 Å². The van der Waals surface area contributed by atoms with Crippen LogP contribution in [0.4, 0.5) is 0 Å². The second kappa shape index (κ2) is 10.1. The lowest BCUT2D eigenvalue weighted by molar-refractivity contribution is 0.0165. The topological polar surface area (TPSA) is 57.7 Å². The van der Waals surface area contributed by atoms with Crippen LogP contribution < -0.4 is 0 Å². The molecule has 0 unspecified atom stereocenters. The van der Waals surface area contributed by atoms with Gasteiger partial charge < -0.3 is 0 Å². The Bertz CT molecular complexity index is 842. The van der Waals surface area contributed by atoms with Gasteiger partial charge in [-0.25, -0.2) is 8.42 Å². The Labute approximate surface area is 186 Å². The molecule has 1 saturated heterocycles. The van der Waals surface area contributed by atoms with Crippen LogP contribution in [0.5, 0.6) is 0 Å². The Balaban J connectivity index is 1.66. The number of halogens is 1. The number of sulfonamides is 1. The SMILES string of the molecule is CCCS(=O)(=O)N1CCN(C2(CCC(=O)c3ccc(C)c(Cl)c3)CCCCC2)CC1. The molecule has 5 nitrogen and oxygen atoms in total. The van der Waals surface area contributed by atoms with Gasteiger partial charge in [0, 0.05) is 48.7 Å². The highest BCUT2D eigenvalue weighted by molar-refractivity contribution is 7.89. The highest BCUT2D eigenvalue weighted by Crippen LogP contribution is 2.38. The van der Waals surface area contributed by atoms with Gasteiger partial charge in [-0.05, 0) is 44.2 Å². The van der Waals surface area contributed by atoms with Gasteiger partial charge in [-0.2, -0.15) is 4.31 Å². The summed E-state index contributed by atoms with van der Waals surface area (Å²) in [4.78, 5) is 15.4. The van der Waals surface area contributed by atoms with Crippen molar-refractivity contribution in [2.75, 3.05) is 31.9 Å². The Morgan fingerprint density at radius 2 is 1.77 bits per heavy atom. The third-order valence-electron chi connectivity index (χ3n) is 6.86. The van der Waals surface area contributed by atoms with Gasteiger partial charge in [0.1, 0.15) is 0 Å². The number of ketones is 1. The Hall–Kier alpha value is -0.950. The number of piperazine rings is 1. The molecule has 1 aromatic rings. The lowest BCUT2D eigenvalue weighted by Gasteiger charge is -2.50. The summed E-state index contributed by atoms with van der Waals surface area (Å²) in [6.07, 6.45) is 7.78. The van der Waals surface area contributed by atoms with Crippen LogP contribution >= 0.6 is 11.6 Å². The standard InChI is InChI=1S/C23H35ClN2O3S/c1-3-17-30(28,29)26-15-13-25(14-16-26)23(10-5-4-6-11-23)12-9-22(27)20-8-7-19(2)21(24)18-20/h7-8,18H,3-6,9-17H2,1-2H3. The molecule has 30 heavy (non-hydrogen) atoms. The first-order valence-electron chi connectivity index (χ1n) is 11.3. The first kappa shape index (κ1) is 23.7. The average molecular weight is 455 g/mol. The van der Waals surface area contributed by atoms with Crippen LogP contribution in [0.25, 0.3) is 0 Å². The average Bonchev–Trinajstić information content (AvgIpc) is 2.75. The highest BCUT2D eigenvalue weighted by atomic mass is 35.5. The fraction of sp³-hybridized carbons (Fsp3) is 0.696. The van der Waals surface area contributed by atoms with Crippen LogP contribution in [-0.2, 0) is 10.0 Å². The maximum Gasteiger partial charge on any atom is 0.214 e. The number of hydrogen-bond acceptors (Lipinski definition) is 4. The molecule has 7 heteroatoms. The molecule has 168 valence electrons. The zero-order valence-electron chi connectivity index (χ0n) is 18.3. The summed E-state index contributed by atoms with van der Waals surface area (Å²) in [6, 6.07) is 5.56. The van der Waals surface area contributed by atoms with E-state index in [2.05, 4.69) is 4.90 Å². The molecule has 0 atom stereocenters. The van der Waals surface area contributed by atoms with Gasteiger partial charge in [0.15, 0.2) is 5.78 Å². The molecule has 0 aromatic heterocycles. The second-order valence-corrected chi connectivity index (χ2v) is 11.4. The van der Waals surface area contributed by atoms with Gasteiger partial charge in [-0.3, -0.25) is 9.69 Å². The highest BCUT2D eigenvalue weighted by Gasteiger charge is 2.40. The van der Waals surface area contributed by atoms with E-state index in [0.717, 1.165) is 37.9 Å². The van der Waals surface area contributed by atoms with Crippen LogP contribution in [0, 0.1) is 6.92 Å². The normalized spacial score (nSPS) is 20.9. The molecule has 0 radical (unpaired) electrons. The molecule has 3 rings (SSSR count). The molecule has 2 aliphatic rings. The maximum absolute atomic E-state index is 12.9. The molecule has 1 aliphatic heterocycles. The molecule has 0 spiro atoms. The van der Waals surface area contributed by atoms with Crippen molar-refractivity contribution in [2.24, 2.45) is 0 Å². The molecule has 1 aromatic carbocycles. The summed E-state index contributed by atoms with van der Waals surface area (Å²) < 4.78 is 26.5. The van der Waals surface area contributed by atoms with E-state index in [4.69, 9.17) is 11.6 Å². The fourth-order valence-electron chi connectivity index (χ4n) is 5.02. The summed E-state index contributed by atoms with van der Waals surface area (Å²) in [6.45, 7) is 6.48. The van der Waals surface area contributed by atoms with Crippen molar-refractivity contribution < 1.29 is 13.2 Å². The van der Waals surface area contributed by atoms with Crippen LogP contribution in [-0.4, -0.2) is 60.9 Å². The molecule has 1 aliphatic carbocycles. The molecule has 0 N–H and O–H groups in total. The molecule has 1 saturated carbocycles. The summed E-state index contributed by atoms with van der Waals surface area (Å²) in [7, 11) is -3.14. The number of Topliss-reactive ketones (excluding diaryl/α,β-unsaturated/α-hetero) is 1. The number of rotatable bonds is 8. The van der Waals surface area contributed by atoms with Crippen molar-refractivity contribution in [1.82, 2.24) is 9.21 Å². The van der Waals surface area contributed by atoms with E-state index in [9.17, 15) is 13.2 Å². The minimum atomic E-state index is -3.14. The minimum absolute atomic E-state index is 0.0169. The van der Waals surface area contributed by atoms with Crippen LogP contribution in [0.15, 0.2) is 18.2 Å². The molecular formula is C23H35ClN2O3S. The predicted molar refractivity (Wildman–Crippen MR) is 123 cm³/mol. The van der Waals surface area contributed by atoms with E-state index >= 15 is 0 Å². The van der Waals surface area contributed by atoms with Crippen LogP contribution in [0.3, 0.4) is 0 Å². The summed E-state index contributed by atoms with van der Waals surface area (Å²) in [5.74, 6) is 0.372. The van der Waals surface area contributed by atoms with E-state index < -0.39 is 10.0 Å². The molecule has 0 amide bonds. The molecule has 1 heterocycles. The van der Waals surface area contributed by atoms with Crippen molar-refractivity contribution in [3.8, 4) is 0 Å². The summed E-state index contributed by atoms with van der Waals surface area (Å²) in [5, 5.41) is 0.637. The lowest BCUT2D eigenvalue weighted by atomic mass is 9.76. The van der Waals surface area contributed by atoms with E-state index in [0.29, 0.717) is 36.5 Å². The van der Waals surface area contributed by atoms with Crippen molar-refractivity contribution >= 4 is 27.4 Å². The van der Waals surface area contributed by atoms with Crippen molar-refractivity contribution in [3.05, 3.63) is 34.3 Å². The zero-order valence-corrected chi connectivity index (χ0v) is 19.9. The Morgan fingerprint density at radius 3 is 2.37 bits per heavy atom. The molecule has 0 bridgehead atoms. The van der Waals surface area contributed by atoms with E-state index in [1.165, 1.54) is 19.3 Å². The van der Waals surface area contributed by atoms with Crippen LogP contribution in [0.1, 0.15) is 74.2 Å². The van der Waals surface area contributed by atoms with Gasteiger partial charge >= 0.3 is 0 Å². The smallest absolute Gasteiger partial charge is 0.214 e. The Morgan fingerprint density at radius 1 is 1.10 bits per heavy atom. The largest absolute Gasteiger partial charge is 0.295 e. The Kier molecular flexibility index (Phi) is 7.99. The quantitative estimate of drug-likeness (QED) is 0.535. The number of nitrogens with zero attached hydrogens (tertiary/aromatic N) is 2. The second-order valence-electron chi connectivity index (χ2n) is 8.87. The zero-order chi connectivity index (χ0) is 21.8. The van der Waals surface area contributed by atoms with Crippen LogP contribution in [0.2, 0.25) is 5.02 Å². The summed E-state index contributed by atoms with van der Waals surface area (Å²) >= 11 is 6.21. The monoisotopic (exact) mass is 454 g/mol. The van der Waals surface area contributed by atoms with Crippen molar-refractivity contribution in [1.29, 1.82) is 0 Å². The predicted octanol–water partition coefficient (Wildman–Crippen LogP) is 4.67. The van der Waals surface area contributed by atoms with Crippen molar-refractivity contribution in [2.45, 2.75) is 70.8 Å².